The first-order valence-electron chi connectivity index (χ1n) is 4.89. The highest BCUT2D eigenvalue weighted by molar-refractivity contribution is 9.10. The summed E-state index contributed by atoms with van der Waals surface area (Å²) < 4.78 is 15.9. The van der Waals surface area contributed by atoms with Crippen LogP contribution in [0.25, 0.3) is 16.4 Å². The van der Waals surface area contributed by atoms with Crippen LogP contribution in [0.2, 0.25) is 0 Å². The molecule has 0 saturated carbocycles. The van der Waals surface area contributed by atoms with Crippen molar-refractivity contribution in [1.29, 1.82) is 0 Å². The largest absolute Gasteiger partial charge is 0.303 e. The molecule has 0 saturated heterocycles. The summed E-state index contributed by atoms with van der Waals surface area (Å²) in [6.07, 6.45) is 1.91. The molecule has 0 amide bonds. The van der Waals surface area contributed by atoms with Crippen molar-refractivity contribution in [1.82, 2.24) is 9.38 Å². The molecule has 16 heavy (non-hydrogen) atoms. The molecule has 3 rings (SSSR count). The number of rotatable bonds is 0. The van der Waals surface area contributed by atoms with Gasteiger partial charge in [0, 0.05) is 11.6 Å². The average Bonchev–Trinajstić information content (AvgIpc) is 2.55. The Morgan fingerprint density at radius 3 is 2.94 bits per heavy atom. The predicted octanol–water partition coefficient (Wildman–Crippen LogP) is 3.70. The number of imidazole rings is 1. The molecule has 2 nitrogen and oxygen atoms in total. The van der Waals surface area contributed by atoms with E-state index in [0.717, 1.165) is 26.7 Å². The van der Waals surface area contributed by atoms with Gasteiger partial charge in [-0.15, -0.1) is 0 Å². The summed E-state index contributed by atoms with van der Waals surface area (Å²) >= 11 is 3.40. The van der Waals surface area contributed by atoms with Gasteiger partial charge >= 0.3 is 0 Å². The van der Waals surface area contributed by atoms with Crippen LogP contribution in [0, 0.1) is 12.7 Å². The monoisotopic (exact) mass is 278 g/mol. The second kappa shape index (κ2) is 3.28. The number of aryl methyl sites for hydroxylation is 1. The van der Waals surface area contributed by atoms with Gasteiger partial charge in [-0.1, -0.05) is 0 Å². The quantitative estimate of drug-likeness (QED) is 0.613. The van der Waals surface area contributed by atoms with E-state index in [1.54, 1.807) is 6.07 Å². The molecule has 0 aliphatic heterocycles. The maximum Gasteiger partial charge on any atom is 0.146 e. The second-order valence-electron chi connectivity index (χ2n) is 3.73. The van der Waals surface area contributed by atoms with Crippen LogP contribution in [0.4, 0.5) is 4.39 Å². The normalized spacial score (nSPS) is 11.4. The lowest BCUT2D eigenvalue weighted by Gasteiger charge is -2.01. The summed E-state index contributed by atoms with van der Waals surface area (Å²) in [5, 5.41) is 1.82. The van der Waals surface area contributed by atoms with Gasteiger partial charge in [-0.05, 0) is 52.5 Å². The molecule has 0 unspecified atom stereocenters. The van der Waals surface area contributed by atoms with Crippen molar-refractivity contribution >= 4 is 32.3 Å². The van der Waals surface area contributed by atoms with Crippen LogP contribution in [-0.2, 0) is 0 Å². The molecule has 80 valence electrons. The Bertz CT molecular complexity index is 703. The van der Waals surface area contributed by atoms with Crippen LogP contribution < -0.4 is 0 Å². The molecule has 2 heterocycles. The van der Waals surface area contributed by atoms with Gasteiger partial charge in [0.05, 0.1) is 5.69 Å². The van der Waals surface area contributed by atoms with Gasteiger partial charge in [0.25, 0.3) is 0 Å². The van der Waals surface area contributed by atoms with Gasteiger partial charge < -0.3 is 4.40 Å². The maximum atomic E-state index is 13.1. The zero-order chi connectivity index (χ0) is 11.3. The zero-order valence-electron chi connectivity index (χ0n) is 8.54. The first kappa shape index (κ1) is 9.78. The van der Waals surface area contributed by atoms with Gasteiger partial charge in [-0.3, -0.25) is 0 Å². The van der Waals surface area contributed by atoms with Crippen LogP contribution in [0.1, 0.15) is 5.69 Å². The van der Waals surface area contributed by atoms with E-state index in [1.807, 2.05) is 23.6 Å². The number of nitrogens with zero attached hydrogens (tertiary/aromatic N) is 2. The molecule has 3 aromatic rings. The van der Waals surface area contributed by atoms with Crippen LogP contribution in [0.3, 0.4) is 0 Å². The minimum absolute atomic E-state index is 0.223. The predicted molar refractivity (Wildman–Crippen MR) is 65.1 cm³/mol. The first-order chi connectivity index (χ1) is 7.66. The topological polar surface area (TPSA) is 17.3 Å². The fourth-order valence-electron chi connectivity index (χ4n) is 1.89. The van der Waals surface area contributed by atoms with E-state index < -0.39 is 0 Å². The van der Waals surface area contributed by atoms with Crippen molar-refractivity contribution in [2.45, 2.75) is 6.92 Å². The summed E-state index contributed by atoms with van der Waals surface area (Å²) in [5.74, 6) is -0.223. The summed E-state index contributed by atoms with van der Waals surface area (Å²) in [7, 11) is 0. The highest BCUT2D eigenvalue weighted by atomic mass is 79.9. The first-order valence-corrected chi connectivity index (χ1v) is 5.68. The number of fused-ring (bicyclic) bond motifs is 3. The SMILES string of the molecule is Cc1c(Br)nc2c3ccc(F)cc3ccn12. The van der Waals surface area contributed by atoms with Crippen LogP contribution in [0.15, 0.2) is 35.1 Å². The van der Waals surface area contributed by atoms with Gasteiger partial charge in [0.2, 0.25) is 0 Å². The van der Waals surface area contributed by atoms with Gasteiger partial charge in [-0.25, -0.2) is 9.37 Å². The van der Waals surface area contributed by atoms with Crippen molar-refractivity contribution in [2.24, 2.45) is 0 Å². The third kappa shape index (κ3) is 1.26. The Labute approximate surface area is 99.8 Å². The van der Waals surface area contributed by atoms with Crippen LogP contribution in [0.5, 0.6) is 0 Å². The van der Waals surface area contributed by atoms with Crippen LogP contribution >= 0.6 is 15.9 Å². The Morgan fingerprint density at radius 1 is 1.31 bits per heavy atom. The summed E-state index contributed by atoms with van der Waals surface area (Å²) in [6.45, 7) is 1.99. The number of pyridine rings is 1. The van der Waals surface area contributed by atoms with Gasteiger partial charge in [0.15, 0.2) is 0 Å². The van der Waals surface area contributed by atoms with Crippen molar-refractivity contribution in [3.63, 3.8) is 0 Å². The third-order valence-corrected chi connectivity index (χ3v) is 3.50. The lowest BCUT2D eigenvalue weighted by atomic mass is 10.1. The van der Waals surface area contributed by atoms with E-state index in [2.05, 4.69) is 20.9 Å². The number of halogens is 2. The summed E-state index contributed by atoms with van der Waals surface area (Å²) in [5.41, 5.74) is 1.89. The third-order valence-electron chi connectivity index (χ3n) is 2.75. The molecule has 0 bridgehead atoms. The maximum absolute atomic E-state index is 13.1. The van der Waals surface area contributed by atoms with Crippen molar-refractivity contribution in [3.8, 4) is 0 Å². The van der Waals surface area contributed by atoms with Crippen molar-refractivity contribution in [3.05, 3.63) is 46.6 Å². The lowest BCUT2D eigenvalue weighted by Crippen LogP contribution is -1.88. The Morgan fingerprint density at radius 2 is 2.12 bits per heavy atom. The standard InChI is InChI=1S/C12H8BrFN2/c1-7-11(13)15-12-10-3-2-9(14)6-8(10)4-5-16(7)12/h2-6H,1H3. The Balaban J connectivity index is 2.54. The van der Waals surface area contributed by atoms with E-state index in [9.17, 15) is 4.39 Å². The minimum atomic E-state index is -0.223. The number of aromatic nitrogens is 2. The molecule has 0 fully saturated rings. The molecule has 0 N–H and O–H groups in total. The highest BCUT2D eigenvalue weighted by Crippen LogP contribution is 2.24. The van der Waals surface area contributed by atoms with Gasteiger partial charge in [-0.2, -0.15) is 0 Å². The zero-order valence-corrected chi connectivity index (χ0v) is 10.1. The van der Waals surface area contributed by atoms with Crippen LogP contribution in [-0.4, -0.2) is 9.38 Å². The summed E-state index contributed by atoms with van der Waals surface area (Å²) in [4.78, 5) is 4.43. The van der Waals surface area contributed by atoms with Crippen molar-refractivity contribution in [2.75, 3.05) is 0 Å². The highest BCUT2D eigenvalue weighted by Gasteiger charge is 2.08. The molecule has 2 aromatic heterocycles. The number of hydrogen-bond acceptors (Lipinski definition) is 1. The lowest BCUT2D eigenvalue weighted by molar-refractivity contribution is 0.630. The minimum Gasteiger partial charge on any atom is -0.303 e. The Kier molecular flexibility index (Phi) is 2.01. The van der Waals surface area contributed by atoms with Gasteiger partial charge in [0.1, 0.15) is 16.1 Å². The second-order valence-corrected chi connectivity index (χ2v) is 4.48. The van der Waals surface area contributed by atoms with E-state index in [4.69, 9.17) is 0 Å². The number of hydrogen-bond donors (Lipinski definition) is 0. The molecule has 1 aromatic carbocycles. The average molecular weight is 279 g/mol. The fourth-order valence-corrected chi connectivity index (χ4v) is 2.25. The van der Waals surface area contributed by atoms with E-state index in [0.29, 0.717) is 0 Å². The van der Waals surface area contributed by atoms with E-state index in [1.165, 1.54) is 12.1 Å². The molecular formula is C12H8BrFN2. The van der Waals surface area contributed by atoms with E-state index in [-0.39, 0.29) is 5.82 Å². The number of benzene rings is 1. The molecular weight excluding hydrogens is 271 g/mol. The Hall–Kier alpha value is -1.42. The van der Waals surface area contributed by atoms with E-state index >= 15 is 0 Å². The molecule has 4 heteroatoms. The summed E-state index contributed by atoms with van der Waals surface area (Å²) in [6, 6.07) is 6.64. The smallest absolute Gasteiger partial charge is 0.146 e. The molecule has 0 aliphatic carbocycles. The molecule has 0 radical (unpaired) electrons. The van der Waals surface area contributed by atoms with Crippen molar-refractivity contribution < 1.29 is 4.39 Å². The molecule has 0 atom stereocenters. The molecule has 0 aliphatic rings. The molecule has 0 spiro atoms. The fraction of sp³-hybridized carbons (Fsp3) is 0.0833.